The van der Waals surface area contributed by atoms with Gasteiger partial charge in [0, 0.05) is 21.8 Å². The van der Waals surface area contributed by atoms with Crippen LogP contribution in [-0.2, 0) is 4.79 Å². The number of carboxylic acid groups (broad SMARTS) is 1. The minimum atomic E-state index is -1.06. The number of nitrogens with one attached hydrogen (secondary N) is 2. The van der Waals surface area contributed by atoms with Crippen LogP contribution < -0.4 is 20.1 Å². The van der Waals surface area contributed by atoms with Crippen molar-refractivity contribution in [1.29, 1.82) is 0 Å². The summed E-state index contributed by atoms with van der Waals surface area (Å²) in [5.41, 5.74) is 1.50. The Balaban J connectivity index is 1.59. The fraction of sp³-hybridized carbons (Fsp3) is 0.125. The minimum absolute atomic E-state index is 0.0957. The lowest BCUT2D eigenvalue weighted by molar-refractivity contribution is -0.113. The third-order valence-corrected chi connectivity index (χ3v) is 5.49. The molecule has 0 aliphatic carbocycles. The van der Waals surface area contributed by atoms with Crippen molar-refractivity contribution in [2.75, 3.05) is 30.6 Å². The Hall–Kier alpha value is -3.98. The number of carboxylic acids is 1. The van der Waals surface area contributed by atoms with E-state index in [1.54, 1.807) is 48.5 Å². The van der Waals surface area contributed by atoms with E-state index in [0.717, 1.165) is 4.90 Å². The Morgan fingerprint density at radius 1 is 0.818 bits per heavy atom. The van der Waals surface area contributed by atoms with Gasteiger partial charge in [-0.3, -0.25) is 9.59 Å². The number of hydrogen-bond donors (Lipinski definition) is 3. The van der Waals surface area contributed by atoms with Crippen LogP contribution in [0.25, 0.3) is 0 Å². The number of hydrogen-bond acceptors (Lipinski definition) is 6. The first-order chi connectivity index (χ1) is 15.9. The number of carbonyl (C=O) groups is 3. The molecule has 0 aliphatic heterocycles. The molecule has 8 nitrogen and oxygen atoms in total. The highest BCUT2D eigenvalue weighted by Gasteiger charge is 2.12. The predicted octanol–water partition coefficient (Wildman–Crippen LogP) is 4.39. The van der Waals surface area contributed by atoms with Crippen molar-refractivity contribution in [2.24, 2.45) is 0 Å². The standard InChI is InChI=1S/C24H22N2O6S/c1-31-20-10-9-15(12-21(20)32-2)23(28)26-18-7-4-8-19(13-18)33-14-22(27)25-17-6-3-5-16(11-17)24(29)30/h3-13H,14H2,1-2H3,(H,25,27)(H,26,28)(H,29,30). The molecule has 0 saturated carbocycles. The van der Waals surface area contributed by atoms with Gasteiger partial charge in [0.1, 0.15) is 0 Å². The first kappa shape index (κ1) is 23.7. The van der Waals surface area contributed by atoms with E-state index in [1.165, 1.54) is 38.1 Å². The highest BCUT2D eigenvalue weighted by atomic mass is 32.2. The third kappa shape index (κ3) is 6.50. The van der Waals surface area contributed by atoms with Crippen molar-refractivity contribution < 1.29 is 29.0 Å². The van der Waals surface area contributed by atoms with Crippen molar-refractivity contribution in [2.45, 2.75) is 4.90 Å². The fourth-order valence-electron chi connectivity index (χ4n) is 2.92. The molecule has 0 unspecified atom stereocenters. The van der Waals surface area contributed by atoms with E-state index in [4.69, 9.17) is 14.6 Å². The number of ether oxygens (including phenoxy) is 2. The van der Waals surface area contributed by atoms with E-state index in [0.29, 0.717) is 28.4 Å². The van der Waals surface area contributed by atoms with Crippen molar-refractivity contribution in [3.63, 3.8) is 0 Å². The van der Waals surface area contributed by atoms with Crippen LogP contribution in [0, 0.1) is 0 Å². The molecule has 0 aliphatic rings. The number of aromatic carboxylic acids is 1. The van der Waals surface area contributed by atoms with Crippen LogP contribution in [0.4, 0.5) is 11.4 Å². The average molecular weight is 467 g/mol. The van der Waals surface area contributed by atoms with Crippen LogP contribution in [-0.4, -0.2) is 42.9 Å². The van der Waals surface area contributed by atoms with Gasteiger partial charge < -0.3 is 25.2 Å². The minimum Gasteiger partial charge on any atom is -0.493 e. The molecule has 9 heteroatoms. The molecule has 3 aromatic rings. The van der Waals surface area contributed by atoms with Gasteiger partial charge in [0.05, 0.1) is 25.5 Å². The van der Waals surface area contributed by atoms with Crippen LogP contribution in [0.1, 0.15) is 20.7 Å². The highest BCUT2D eigenvalue weighted by molar-refractivity contribution is 8.00. The highest BCUT2D eigenvalue weighted by Crippen LogP contribution is 2.28. The molecule has 3 rings (SSSR count). The topological polar surface area (TPSA) is 114 Å². The van der Waals surface area contributed by atoms with Gasteiger partial charge in [0.25, 0.3) is 5.91 Å². The number of anilines is 2. The van der Waals surface area contributed by atoms with Crippen molar-refractivity contribution in [3.05, 3.63) is 77.9 Å². The molecule has 3 aromatic carbocycles. The molecule has 0 fully saturated rings. The molecule has 0 saturated heterocycles. The lowest BCUT2D eigenvalue weighted by atomic mass is 10.2. The van der Waals surface area contributed by atoms with Crippen molar-refractivity contribution >= 4 is 40.9 Å². The van der Waals surface area contributed by atoms with Gasteiger partial charge in [-0.25, -0.2) is 4.79 Å². The molecule has 2 amide bonds. The molecule has 3 N–H and O–H groups in total. The second-order valence-corrected chi connectivity index (χ2v) is 7.82. The van der Waals surface area contributed by atoms with Gasteiger partial charge in [-0.05, 0) is 54.6 Å². The van der Waals surface area contributed by atoms with E-state index in [-0.39, 0.29) is 23.1 Å². The molecule has 170 valence electrons. The van der Waals surface area contributed by atoms with Gasteiger partial charge in [0.15, 0.2) is 11.5 Å². The zero-order valence-corrected chi connectivity index (χ0v) is 18.8. The maximum atomic E-state index is 12.6. The van der Waals surface area contributed by atoms with E-state index >= 15 is 0 Å². The number of carbonyl (C=O) groups excluding carboxylic acids is 2. The fourth-order valence-corrected chi connectivity index (χ4v) is 3.68. The normalized spacial score (nSPS) is 10.2. The molecule has 33 heavy (non-hydrogen) atoms. The first-order valence-corrected chi connectivity index (χ1v) is 10.8. The van der Waals surface area contributed by atoms with Crippen LogP contribution in [0.5, 0.6) is 11.5 Å². The number of thioether (sulfide) groups is 1. The molecule has 0 heterocycles. The summed E-state index contributed by atoms with van der Waals surface area (Å²) in [5.74, 6) is -0.552. The number of rotatable bonds is 9. The maximum absolute atomic E-state index is 12.6. The summed E-state index contributed by atoms with van der Waals surface area (Å²) in [6.45, 7) is 0. The maximum Gasteiger partial charge on any atom is 0.335 e. The van der Waals surface area contributed by atoms with Gasteiger partial charge in [0.2, 0.25) is 5.91 Å². The Morgan fingerprint density at radius 2 is 1.52 bits per heavy atom. The van der Waals surface area contributed by atoms with Crippen molar-refractivity contribution in [1.82, 2.24) is 0 Å². The molecule has 0 bridgehead atoms. The van der Waals surface area contributed by atoms with Crippen molar-refractivity contribution in [3.8, 4) is 11.5 Å². The zero-order valence-electron chi connectivity index (χ0n) is 18.0. The smallest absolute Gasteiger partial charge is 0.335 e. The molecule has 0 atom stereocenters. The first-order valence-electron chi connectivity index (χ1n) is 9.79. The van der Waals surface area contributed by atoms with Gasteiger partial charge in [-0.1, -0.05) is 12.1 Å². The summed E-state index contributed by atoms with van der Waals surface area (Å²) in [5, 5.41) is 14.6. The van der Waals surface area contributed by atoms with E-state index < -0.39 is 5.97 Å². The molecule has 0 radical (unpaired) electrons. The largest absolute Gasteiger partial charge is 0.493 e. The summed E-state index contributed by atoms with van der Waals surface area (Å²) in [7, 11) is 3.02. The Kier molecular flexibility index (Phi) is 7.93. The third-order valence-electron chi connectivity index (χ3n) is 4.50. The number of benzene rings is 3. The SMILES string of the molecule is COc1ccc(C(=O)Nc2cccc(SCC(=O)Nc3cccc(C(=O)O)c3)c2)cc1OC. The van der Waals surface area contributed by atoms with E-state index in [2.05, 4.69) is 10.6 Å². The summed E-state index contributed by atoms with van der Waals surface area (Å²) in [4.78, 5) is 36.7. The lowest BCUT2D eigenvalue weighted by Crippen LogP contribution is -2.14. The second-order valence-electron chi connectivity index (χ2n) is 6.77. The average Bonchev–Trinajstić information content (AvgIpc) is 2.82. The Bertz CT molecular complexity index is 1180. The van der Waals surface area contributed by atoms with Gasteiger partial charge in [-0.15, -0.1) is 11.8 Å². The van der Waals surface area contributed by atoms with E-state index in [1.807, 2.05) is 6.07 Å². The lowest BCUT2D eigenvalue weighted by Gasteiger charge is -2.11. The van der Waals surface area contributed by atoms with Crippen LogP contribution in [0.15, 0.2) is 71.6 Å². The van der Waals surface area contributed by atoms with Crippen LogP contribution in [0.3, 0.4) is 0 Å². The summed E-state index contributed by atoms with van der Waals surface area (Å²) < 4.78 is 10.4. The molecular formula is C24H22N2O6S. The summed E-state index contributed by atoms with van der Waals surface area (Å²) >= 11 is 1.29. The predicted molar refractivity (Wildman–Crippen MR) is 127 cm³/mol. The van der Waals surface area contributed by atoms with E-state index in [9.17, 15) is 14.4 Å². The Morgan fingerprint density at radius 3 is 2.21 bits per heavy atom. The molecule has 0 aromatic heterocycles. The van der Waals surface area contributed by atoms with Crippen LogP contribution >= 0.6 is 11.8 Å². The second kappa shape index (κ2) is 11.1. The summed E-state index contributed by atoms with van der Waals surface area (Å²) in [6, 6.07) is 18.1. The monoisotopic (exact) mass is 466 g/mol. The Labute approximate surface area is 194 Å². The molecular weight excluding hydrogens is 444 g/mol. The van der Waals surface area contributed by atoms with Crippen LogP contribution in [0.2, 0.25) is 0 Å². The summed E-state index contributed by atoms with van der Waals surface area (Å²) in [6.07, 6.45) is 0. The zero-order chi connectivity index (χ0) is 23.8. The van der Waals surface area contributed by atoms with Gasteiger partial charge >= 0.3 is 5.97 Å². The quantitative estimate of drug-likeness (QED) is 0.401. The number of methoxy groups -OCH3 is 2. The van der Waals surface area contributed by atoms with Gasteiger partial charge in [-0.2, -0.15) is 0 Å². The number of amides is 2. The molecule has 0 spiro atoms.